The predicted octanol–water partition coefficient (Wildman–Crippen LogP) is 4.35. The van der Waals surface area contributed by atoms with Crippen molar-refractivity contribution in [3.05, 3.63) is 21.4 Å². The molecule has 0 N–H and O–H groups in total. The molecule has 1 aliphatic rings. The van der Waals surface area contributed by atoms with Crippen molar-refractivity contribution >= 4 is 33.2 Å². The minimum Gasteiger partial charge on any atom is -0.222 e. The summed E-state index contributed by atoms with van der Waals surface area (Å²) in [4.78, 5) is 11.7. The average Bonchev–Trinajstić information content (AvgIpc) is 2.86. The van der Waals surface area contributed by atoms with E-state index in [1.807, 2.05) is 11.3 Å². The molecule has 0 bridgehead atoms. The van der Waals surface area contributed by atoms with Gasteiger partial charge < -0.3 is 0 Å². The fraction of sp³-hybridized carbons (Fsp3) is 0.538. The third-order valence-electron chi connectivity index (χ3n) is 3.59. The van der Waals surface area contributed by atoms with Gasteiger partial charge in [-0.15, -0.1) is 11.3 Å². The standard InChI is InChI=1S/C13H15ClN2S/c1-3-7(2)12-15-11(14)10-8-5-4-6-9(8)17-13(10)16-12/h7H,3-6H2,1-2H3. The highest BCUT2D eigenvalue weighted by Gasteiger charge is 2.22. The number of rotatable bonds is 2. The largest absolute Gasteiger partial charge is 0.222 e. The molecule has 0 radical (unpaired) electrons. The van der Waals surface area contributed by atoms with Crippen LogP contribution in [0.1, 0.15) is 48.9 Å². The molecule has 1 unspecified atom stereocenters. The molecule has 0 spiro atoms. The molecule has 17 heavy (non-hydrogen) atoms. The SMILES string of the molecule is CCC(C)c1nc(Cl)c2c3c(sc2n1)CCC3. The summed E-state index contributed by atoms with van der Waals surface area (Å²) in [5, 5.41) is 1.78. The van der Waals surface area contributed by atoms with Gasteiger partial charge >= 0.3 is 0 Å². The second kappa shape index (κ2) is 4.21. The molecule has 0 saturated carbocycles. The zero-order valence-corrected chi connectivity index (χ0v) is 11.7. The van der Waals surface area contributed by atoms with Crippen molar-refractivity contribution in [2.24, 2.45) is 0 Å². The Hall–Kier alpha value is -0.670. The summed E-state index contributed by atoms with van der Waals surface area (Å²) in [5.74, 6) is 1.28. The first kappa shape index (κ1) is 11.4. The smallest absolute Gasteiger partial charge is 0.141 e. The van der Waals surface area contributed by atoms with E-state index in [2.05, 4.69) is 18.8 Å². The van der Waals surface area contributed by atoms with Crippen LogP contribution in [0.25, 0.3) is 10.2 Å². The molecule has 3 rings (SSSR count). The summed E-state index contributed by atoms with van der Waals surface area (Å²) in [6.07, 6.45) is 4.62. The van der Waals surface area contributed by atoms with Gasteiger partial charge in [0, 0.05) is 10.8 Å². The Bertz CT molecular complexity index is 576. The molecule has 2 heterocycles. The first-order valence-electron chi connectivity index (χ1n) is 6.18. The number of hydrogen-bond donors (Lipinski definition) is 0. The number of nitrogens with zero attached hydrogens (tertiary/aromatic N) is 2. The monoisotopic (exact) mass is 266 g/mol. The number of aromatic nitrogens is 2. The lowest BCUT2D eigenvalue weighted by Gasteiger charge is -2.07. The molecule has 1 aliphatic carbocycles. The number of aryl methyl sites for hydroxylation is 2. The van der Waals surface area contributed by atoms with Gasteiger partial charge in [0.15, 0.2) is 0 Å². The van der Waals surface area contributed by atoms with E-state index in [0.29, 0.717) is 11.1 Å². The number of thiophene rings is 1. The predicted molar refractivity (Wildman–Crippen MR) is 73.2 cm³/mol. The van der Waals surface area contributed by atoms with Gasteiger partial charge in [0.05, 0.1) is 5.39 Å². The average molecular weight is 267 g/mol. The number of fused-ring (bicyclic) bond motifs is 3. The van der Waals surface area contributed by atoms with E-state index in [-0.39, 0.29) is 0 Å². The molecular formula is C13H15ClN2S. The van der Waals surface area contributed by atoms with E-state index in [1.165, 1.54) is 23.3 Å². The van der Waals surface area contributed by atoms with Crippen LogP contribution in [0.4, 0.5) is 0 Å². The lowest BCUT2D eigenvalue weighted by molar-refractivity contribution is 0.684. The summed E-state index contributed by atoms with van der Waals surface area (Å²) >= 11 is 8.15. The van der Waals surface area contributed by atoms with Gasteiger partial charge in [-0.25, -0.2) is 9.97 Å². The quantitative estimate of drug-likeness (QED) is 0.756. The Morgan fingerprint density at radius 1 is 1.35 bits per heavy atom. The lowest BCUT2D eigenvalue weighted by Crippen LogP contribution is -2.00. The Morgan fingerprint density at radius 3 is 2.94 bits per heavy atom. The molecule has 1 atom stereocenters. The van der Waals surface area contributed by atoms with Gasteiger partial charge in [-0.3, -0.25) is 0 Å². The maximum Gasteiger partial charge on any atom is 0.141 e. The molecule has 4 heteroatoms. The van der Waals surface area contributed by atoms with Crippen molar-refractivity contribution in [3.63, 3.8) is 0 Å². The van der Waals surface area contributed by atoms with Crippen molar-refractivity contribution in [1.29, 1.82) is 0 Å². The molecule has 0 aromatic carbocycles. The van der Waals surface area contributed by atoms with Crippen LogP contribution in [0.3, 0.4) is 0 Å². The van der Waals surface area contributed by atoms with Gasteiger partial charge in [-0.05, 0) is 31.2 Å². The highest BCUT2D eigenvalue weighted by atomic mass is 35.5. The maximum atomic E-state index is 6.34. The van der Waals surface area contributed by atoms with Crippen molar-refractivity contribution in [1.82, 2.24) is 9.97 Å². The van der Waals surface area contributed by atoms with Crippen LogP contribution in [0.2, 0.25) is 5.15 Å². The Kier molecular flexibility index (Phi) is 2.83. The highest BCUT2D eigenvalue weighted by Crippen LogP contribution is 2.39. The summed E-state index contributed by atoms with van der Waals surface area (Å²) in [5.41, 5.74) is 1.41. The highest BCUT2D eigenvalue weighted by molar-refractivity contribution is 7.19. The van der Waals surface area contributed by atoms with E-state index in [9.17, 15) is 0 Å². The summed E-state index contributed by atoms with van der Waals surface area (Å²) in [7, 11) is 0. The maximum absolute atomic E-state index is 6.34. The minimum absolute atomic E-state index is 0.383. The molecule has 2 aromatic heterocycles. The van der Waals surface area contributed by atoms with E-state index in [0.717, 1.165) is 28.9 Å². The zero-order valence-electron chi connectivity index (χ0n) is 10.1. The third-order valence-corrected chi connectivity index (χ3v) is 5.05. The molecule has 90 valence electrons. The number of halogens is 1. The fourth-order valence-corrected chi connectivity index (χ4v) is 3.98. The Labute approximate surface area is 110 Å². The van der Waals surface area contributed by atoms with E-state index in [1.54, 1.807) is 0 Å². The van der Waals surface area contributed by atoms with Crippen LogP contribution in [0, 0.1) is 0 Å². The third kappa shape index (κ3) is 1.76. The van der Waals surface area contributed by atoms with E-state index in [4.69, 9.17) is 16.6 Å². The molecule has 2 aromatic rings. The molecule has 0 amide bonds. The van der Waals surface area contributed by atoms with Crippen LogP contribution < -0.4 is 0 Å². The first-order valence-corrected chi connectivity index (χ1v) is 7.37. The van der Waals surface area contributed by atoms with Gasteiger partial charge in [0.1, 0.15) is 15.8 Å². The van der Waals surface area contributed by atoms with Crippen LogP contribution in [-0.4, -0.2) is 9.97 Å². The molecule has 0 saturated heterocycles. The summed E-state index contributed by atoms with van der Waals surface area (Å²) in [6, 6.07) is 0. The van der Waals surface area contributed by atoms with E-state index < -0.39 is 0 Å². The number of hydrogen-bond acceptors (Lipinski definition) is 3. The Balaban J connectivity index is 2.21. The molecule has 0 aliphatic heterocycles. The van der Waals surface area contributed by atoms with Crippen LogP contribution in [-0.2, 0) is 12.8 Å². The van der Waals surface area contributed by atoms with E-state index >= 15 is 0 Å². The topological polar surface area (TPSA) is 25.8 Å². The van der Waals surface area contributed by atoms with Crippen LogP contribution in [0.5, 0.6) is 0 Å². The zero-order chi connectivity index (χ0) is 12.0. The summed E-state index contributed by atoms with van der Waals surface area (Å²) in [6.45, 7) is 4.30. The first-order chi connectivity index (χ1) is 8.20. The summed E-state index contributed by atoms with van der Waals surface area (Å²) < 4.78 is 0. The second-order valence-electron chi connectivity index (χ2n) is 4.72. The fourth-order valence-electron chi connectivity index (χ4n) is 2.37. The molecular weight excluding hydrogens is 252 g/mol. The minimum atomic E-state index is 0.383. The van der Waals surface area contributed by atoms with Gasteiger partial charge in [-0.2, -0.15) is 0 Å². The van der Waals surface area contributed by atoms with Gasteiger partial charge in [0.2, 0.25) is 0 Å². The molecule has 2 nitrogen and oxygen atoms in total. The van der Waals surface area contributed by atoms with Crippen molar-refractivity contribution in [2.75, 3.05) is 0 Å². The van der Waals surface area contributed by atoms with Crippen molar-refractivity contribution < 1.29 is 0 Å². The molecule has 0 fully saturated rings. The van der Waals surface area contributed by atoms with Gasteiger partial charge in [-0.1, -0.05) is 25.4 Å². The van der Waals surface area contributed by atoms with Crippen LogP contribution >= 0.6 is 22.9 Å². The Morgan fingerprint density at radius 2 is 2.18 bits per heavy atom. The normalized spacial score (nSPS) is 16.4. The van der Waals surface area contributed by atoms with Crippen molar-refractivity contribution in [2.45, 2.75) is 45.4 Å². The van der Waals surface area contributed by atoms with Crippen molar-refractivity contribution in [3.8, 4) is 0 Å². The lowest BCUT2D eigenvalue weighted by atomic mass is 10.1. The second-order valence-corrected chi connectivity index (χ2v) is 6.16. The van der Waals surface area contributed by atoms with Gasteiger partial charge in [0.25, 0.3) is 0 Å². The van der Waals surface area contributed by atoms with Crippen LogP contribution in [0.15, 0.2) is 0 Å².